The molecule has 32 heavy (non-hydrogen) atoms. The molecule has 8 nitrogen and oxygen atoms in total. The average molecular weight is 459 g/mol. The first kappa shape index (κ1) is 22.8. The highest BCUT2D eigenvalue weighted by molar-refractivity contribution is 7.98. The minimum absolute atomic E-state index is 0.0205. The number of carbonyl (C=O) groups is 2. The molecule has 2 amide bonds. The number of rotatable bonds is 6. The Morgan fingerprint density at radius 1 is 1.00 bits per heavy atom. The monoisotopic (exact) mass is 458 g/mol. The van der Waals surface area contributed by atoms with Gasteiger partial charge in [-0.1, -0.05) is 17.3 Å². The number of carbonyl (C=O) groups excluding carboxylic acids is 2. The van der Waals surface area contributed by atoms with Gasteiger partial charge in [-0.2, -0.15) is 0 Å². The number of ether oxygens (including phenoxy) is 1. The third kappa shape index (κ3) is 5.33. The van der Waals surface area contributed by atoms with Gasteiger partial charge >= 0.3 is 0 Å². The summed E-state index contributed by atoms with van der Waals surface area (Å²) in [6, 6.07) is 7.72. The van der Waals surface area contributed by atoms with E-state index in [9.17, 15) is 9.59 Å². The Balaban J connectivity index is 1.33. The van der Waals surface area contributed by atoms with Crippen molar-refractivity contribution in [3.8, 4) is 0 Å². The van der Waals surface area contributed by atoms with E-state index in [1.54, 1.807) is 11.8 Å². The van der Waals surface area contributed by atoms with E-state index in [0.717, 1.165) is 35.0 Å². The predicted octanol–water partition coefficient (Wildman–Crippen LogP) is 2.20. The third-order valence-corrected chi connectivity index (χ3v) is 7.15. The van der Waals surface area contributed by atoms with E-state index >= 15 is 0 Å². The standard InChI is InChI=1S/C23H30N4O4S/c1-17-20(18(2)31-24-17)16-32-21-6-4-3-5-19(21)23(29)27-9-7-26(8-10-27)22(28)15-25-11-13-30-14-12-25/h3-6H,7-16H2,1-2H3. The average Bonchev–Trinajstić information content (AvgIpc) is 3.15. The topological polar surface area (TPSA) is 79.1 Å². The molecule has 2 saturated heterocycles. The van der Waals surface area contributed by atoms with Crippen LogP contribution in [0.2, 0.25) is 0 Å². The second-order valence-electron chi connectivity index (χ2n) is 8.15. The summed E-state index contributed by atoms with van der Waals surface area (Å²) >= 11 is 1.62. The number of hydrogen-bond acceptors (Lipinski definition) is 7. The van der Waals surface area contributed by atoms with Gasteiger partial charge in [0.1, 0.15) is 5.76 Å². The number of morpholine rings is 1. The predicted molar refractivity (Wildman–Crippen MR) is 122 cm³/mol. The largest absolute Gasteiger partial charge is 0.379 e. The van der Waals surface area contributed by atoms with Crippen molar-refractivity contribution in [2.75, 3.05) is 59.0 Å². The molecule has 3 heterocycles. The Bertz CT molecular complexity index is 930. The van der Waals surface area contributed by atoms with Crippen LogP contribution in [0.3, 0.4) is 0 Å². The zero-order valence-electron chi connectivity index (χ0n) is 18.7. The van der Waals surface area contributed by atoms with Crippen molar-refractivity contribution < 1.29 is 18.8 Å². The molecule has 2 aliphatic heterocycles. The maximum atomic E-state index is 13.3. The van der Waals surface area contributed by atoms with Crippen LogP contribution in [0.5, 0.6) is 0 Å². The Hall–Kier alpha value is -2.36. The van der Waals surface area contributed by atoms with Gasteiger partial charge in [0.25, 0.3) is 5.91 Å². The Morgan fingerprint density at radius 3 is 2.38 bits per heavy atom. The molecule has 4 rings (SSSR count). The van der Waals surface area contributed by atoms with E-state index in [2.05, 4.69) is 10.1 Å². The molecule has 172 valence electrons. The van der Waals surface area contributed by atoms with Gasteiger partial charge in [0, 0.05) is 55.5 Å². The Labute approximate surface area is 192 Å². The van der Waals surface area contributed by atoms with Gasteiger partial charge in [-0.3, -0.25) is 14.5 Å². The van der Waals surface area contributed by atoms with E-state index in [-0.39, 0.29) is 11.8 Å². The summed E-state index contributed by atoms with van der Waals surface area (Å²) in [5.74, 6) is 1.67. The zero-order valence-corrected chi connectivity index (χ0v) is 19.5. The molecule has 0 bridgehead atoms. The van der Waals surface area contributed by atoms with Gasteiger partial charge in [0.15, 0.2) is 0 Å². The van der Waals surface area contributed by atoms with E-state index in [4.69, 9.17) is 9.26 Å². The summed E-state index contributed by atoms with van der Waals surface area (Å²) in [5.41, 5.74) is 2.67. The highest BCUT2D eigenvalue weighted by Gasteiger charge is 2.27. The van der Waals surface area contributed by atoms with Gasteiger partial charge in [-0.15, -0.1) is 11.8 Å². The smallest absolute Gasteiger partial charge is 0.255 e. The van der Waals surface area contributed by atoms with E-state index in [1.165, 1.54) is 0 Å². The van der Waals surface area contributed by atoms with Crippen LogP contribution in [0.4, 0.5) is 0 Å². The van der Waals surface area contributed by atoms with Crippen molar-refractivity contribution in [2.45, 2.75) is 24.5 Å². The Kier molecular flexibility index (Phi) is 7.49. The first-order chi connectivity index (χ1) is 15.5. The van der Waals surface area contributed by atoms with E-state index in [0.29, 0.717) is 57.3 Å². The number of amides is 2. The molecule has 1 aromatic carbocycles. The van der Waals surface area contributed by atoms with E-state index in [1.807, 2.05) is 47.9 Å². The lowest BCUT2D eigenvalue weighted by atomic mass is 10.1. The van der Waals surface area contributed by atoms with Crippen LogP contribution in [0.1, 0.15) is 27.4 Å². The highest BCUT2D eigenvalue weighted by Crippen LogP contribution is 2.29. The fourth-order valence-corrected chi connectivity index (χ4v) is 5.20. The van der Waals surface area contributed by atoms with Gasteiger partial charge in [-0.05, 0) is 26.0 Å². The fourth-order valence-electron chi connectivity index (χ4n) is 4.01. The fraction of sp³-hybridized carbons (Fsp3) is 0.522. The number of aryl methyl sites for hydroxylation is 2. The van der Waals surface area contributed by atoms with Crippen molar-refractivity contribution >= 4 is 23.6 Å². The van der Waals surface area contributed by atoms with Crippen molar-refractivity contribution in [3.63, 3.8) is 0 Å². The summed E-state index contributed by atoms with van der Waals surface area (Å²) in [5, 5.41) is 4.01. The number of aromatic nitrogens is 1. The number of hydrogen-bond donors (Lipinski definition) is 0. The lowest BCUT2D eigenvalue weighted by Crippen LogP contribution is -2.53. The van der Waals surface area contributed by atoms with Crippen LogP contribution in [-0.4, -0.2) is 90.7 Å². The van der Waals surface area contributed by atoms with Crippen LogP contribution < -0.4 is 0 Å². The minimum atomic E-state index is 0.0205. The molecule has 2 aromatic rings. The van der Waals surface area contributed by atoms with Crippen LogP contribution in [0.15, 0.2) is 33.7 Å². The van der Waals surface area contributed by atoms with Crippen molar-refractivity contribution in [3.05, 3.63) is 46.8 Å². The molecular weight excluding hydrogens is 428 g/mol. The summed E-state index contributed by atoms with van der Waals surface area (Å²) in [7, 11) is 0. The van der Waals surface area contributed by atoms with Crippen molar-refractivity contribution in [1.29, 1.82) is 0 Å². The van der Waals surface area contributed by atoms with Crippen LogP contribution >= 0.6 is 11.8 Å². The van der Waals surface area contributed by atoms with Gasteiger partial charge in [-0.25, -0.2) is 0 Å². The molecule has 0 N–H and O–H groups in total. The molecule has 2 aliphatic rings. The molecule has 2 fully saturated rings. The Morgan fingerprint density at radius 2 is 1.69 bits per heavy atom. The summed E-state index contributed by atoms with van der Waals surface area (Å²) in [6.45, 7) is 9.49. The SMILES string of the molecule is Cc1noc(C)c1CSc1ccccc1C(=O)N1CCN(C(=O)CN2CCOCC2)CC1. The lowest BCUT2D eigenvalue weighted by molar-refractivity contribution is -0.134. The number of thioether (sulfide) groups is 1. The third-order valence-electron chi connectivity index (χ3n) is 6.05. The minimum Gasteiger partial charge on any atom is -0.379 e. The molecular formula is C23H30N4O4S. The van der Waals surface area contributed by atoms with Crippen LogP contribution in [0, 0.1) is 13.8 Å². The number of nitrogens with zero attached hydrogens (tertiary/aromatic N) is 4. The molecule has 1 aromatic heterocycles. The normalized spacial score (nSPS) is 17.6. The molecule has 9 heteroatoms. The molecule has 0 atom stereocenters. The van der Waals surface area contributed by atoms with Gasteiger partial charge in [0.05, 0.1) is 31.0 Å². The summed E-state index contributed by atoms with van der Waals surface area (Å²) in [6.07, 6.45) is 0. The van der Waals surface area contributed by atoms with Crippen LogP contribution in [-0.2, 0) is 15.3 Å². The van der Waals surface area contributed by atoms with Gasteiger partial charge in [0.2, 0.25) is 5.91 Å². The summed E-state index contributed by atoms with van der Waals surface area (Å²) < 4.78 is 10.6. The lowest BCUT2D eigenvalue weighted by Gasteiger charge is -2.36. The van der Waals surface area contributed by atoms with Crippen molar-refractivity contribution in [1.82, 2.24) is 19.9 Å². The molecule has 0 unspecified atom stereocenters. The van der Waals surface area contributed by atoms with Gasteiger partial charge < -0.3 is 19.1 Å². The molecule has 0 radical (unpaired) electrons. The maximum absolute atomic E-state index is 13.3. The first-order valence-corrected chi connectivity index (χ1v) is 12.0. The molecule has 0 aliphatic carbocycles. The second kappa shape index (κ2) is 10.5. The summed E-state index contributed by atoms with van der Waals surface area (Å²) in [4.78, 5) is 32.7. The number of piperazine rings is 1. The van der Waals surface area contributed by atoms with Crippen molar-refractivity contribution in [2.24, 2.45) is 0 Å². The quantitative estimate of drug-likeness (QED) is 0.614. The maximum Gasteiger partial charge on any atom is 0.255 e. The second-order valence-corrected chi connectivity index (χ2v) is 9.17. The first-order valence-electron chi connectivity index (χ1n) is 11.0. The molecule has 0 saturated carbocycles. The van der Waals surface area contributed by atoms with Crippen LogP contribution in [0.25, 0.3) is 0 Å². The number of benzene rings is 1. The highest BCUT2D eigenvalue weighted by atomic mass is 32.2. The zero-order chi connectivity index (χ0) is 22.5. The van der Waals surface area contributed by atoms with E-state index < -0.39 is 0 Å². The molecule has 0 spiro atoms.